The van der Waals surface area contributed by atoms with Gasteiger partial charge >= 0.3 is 0 Å². The normalized spacial score (nSPS) is 13.4. The fraction of sp³-hybridized carbons (Fsp3) is 0.0909. The average Bonchev–Trinajstić information content (AvgIpc) is 3.04. The Kier molecular flexibility index (Phi) is 3.80. The molecule has 1 heterocycles. The van der Waals surface area contributed by atoms with Crippen LogP contribution in [-0.2, 0) is 6.42 Å². The molecule has 3 aromatic carbocycles. The first-order chi connectivity index (χ1) is 11.8. The van der Waals surface area contributed by atoms with Crippen molar-refractivity contribution in [3.8, 4) is 0 Å². The number of fused-ring (bicyclic) bond motifs is 1. The van der Waals surface area contributed by atoms with Crippen LogP contribution < -0.4 is 10.6 Å². The lowest BCUT2D eigenvalue weighted by atomic mass is 10.1. The van der Waals surface area contributed by atoms with Crippen LogP contribution >= 0.6 is 0 Å². The number of rotatable bonds is 3. The van der Waals surface area contributed by atoms with Crippen LogP contribution in [0.2, 0.25) is 0 Å². The molecule has 0 atom stereocenters. The van der Waals surface area contributed by atoms with E-state index in [4.69, 9.17) is 5.73 Å². The molecule has 0 saturated heterocycles. The van der Waals surface area contributed by atoms with E-state index in [2.05, 4.69) is 77.7 Å². The van der Waals surface area contributed by atoms with Crippen LogP contribution in [0.3, 0.4) is 0 Å². The predicted octanol–water partition coefficient (Wildman–Crippen LogP) is 5.13. The molecule has 2 heteroatoms. The van der Waals surface area contributed by atoms with E-state index in [1.807, 2.05) is 12.1 Å². The molecular weight excluding hydrogens is 292 g/mol. The minimum absolute atomic E-state index is 0.844. The van der Waals surface area contributed by atoms with Crippen LogP contribution in [0.5, 0.6) is 0 Å². The quantitative estimate of drug-likeness (QED) is 0.536. The molecule has 0 spiro atoms. The van der Waals surface area contributed by atoms with Crippen molar-refractivity contribution in [1.82, 2.24) is 0 Å². The molecule has 2 N–H and O–H groups in total. The van der Waals surface area contributed by atoms with Crippen LogP contribution in [0, 0.1) is 0 Å². The molecule has 1 aliphatic rings. The third kappa shape index (κ3) is 2.91. The minimum atomic E-state index is 0.844. The first-order valence-electron chi connectivity index (χ1n) is 8.29. The van der Waals surface area contributed by atoms with Gasteiger partial charge in [-0.15, -0.1) is 0 Å². The summed E-state index contributed by atoms with van der Waals surface area (Å²) >= 11 is 0. The lowest BCUT2D eigenvalue weighted by molar-refractivity contribution is 0.998. The third-order valence-corrected chi connectivity index (χ3v) is 4.47. The molecule has 118 valence electrons. The van der Waals surface area contributed by atoms with Crippen molar-refractivity contribution in [1.29, 1.82) is 0 Å². The van der Waals surface area contributed by atoms with E-state index in [9.17, 15) is 0 Å². The summed E-state index contributed by atoms with van der Waals surface area (Å²) in [6.45, 7) is 1.01. The topological polar surface area (TPSA) is 29.3 Å². The zero-order chi connectivity index (χ0) is 16.4. The van der Waals surface area contributed by atoms with Crippen molar-refractivity contribution in [2.75, 3.05) is 17.2 Å². The van der Waals surface area contributed by atoms with Gasteiger partial charge in [-0.2, -0.15) is 0 Å². The number of nitrogens with zero attached hydrogens (tertiary/aromatic N) is 1. The maximum Gasteiger partial charge on any atom is 0.0445 e. The maximum atomic E-state index is 5.89. The maximum absolute atomic E-state index is 5.89. The fourth-order valence-corrected chi connectivity index (χ4v) is 3.21. The second-order valence-electron chi connectivity index (χ2n) is 6.13. The summed E-state index contributed by atoms with van der Waals surface area (Å²) in [5, 5.41) is 0. The van der Waals surface area contributed by atoms with E-state index in [1.54, 1.807) is 0 Å². The molecule has 0 amide bonds. The first kappa shape index (κ1) is 14.6. The summed E-state index contributed by atoms with van der Waals surface area (Å²) in [4.78, 5) is 2.36. The minimum Gasteiger partial charge on any atom is -0.399 e. The molecule has 0 unspecified atom stereocenters. The zero-order valence-electron chi connectivity index (χ0n) is 13.5. The Morgan fingerprint density at radius 3 is 2.25 bits per heavy atom. The first-order valence-corrected chi connectivity index (χ1v) is 8.29. The summed E-state index contributed by atoms with van der Waals surface area (Å²) in [6, 6.07) is 25.3. The van der Waals surface area contributed by atoms with E-state index < -0.39 is 0 Å². The average molecular weight is 312 g/mol. The molecule has 4 rings (SSSR count). The molecule has 0 bridgehead atoms. The molecule has 24 heavy (non-hydrogen) atoms. The van der Waals surface area contributed by atoms with E-state index in [0.717, 1.165) is 18.7 Å². The number of nitrogen functional groups attached to an aromatic ring is 1. The summed E-state index contributed by atoms with van der Waals surface area (Å²) in [5.41, 5.74) is 13.0. The van der Waals surface area contributed by atoms with Crippen LogP contribution in [-0.4, -0.2) is 6.54 Å². The highest BCUT2D eigenvalue weighted by Crippen LogP contribution is 2.35. The number of nitrogens with two attached hydrogens (primary N) is 1. The summed E-state index contributed by atoms with van der Waals surface area (Å²) in [5.74, 6) is 0. The molecule has 0 aromatic heterocycles. The van der Waals surface area contributed by atoms with Crippen molar-refractivity contribution in [2.24, 2.45) is 0 Å². The lowest BCUT2D eigenvalue weighted by Crippen LogP contribution is -2.12. The van der Waals surface area contributed by atoms with Gasteiger partial charge in [0.05, 0.1) is 0 Å². The van der Waals surface area contributed by atoms with E-state index in [1.165, 1.54) is 28.1 Å². The fourth-order valence-electron chi connectivity index (χ4n) is 3.21. The van der Waals surface area contributed by atoms with Gasteiger partial charge in [-0.1, -0.05) is 54.6 Å². The van der Waals surface area contributed by atoms with Crippen molar-refractivity contribution < 1.29 is 0 Å². The molecular formula is C22H20N2. The Hall–Kier alpha value is -3.00. The standard InChI is InChI=1S/C22H20N2/c23-20-10-13-22-19(16-20)14-15-24(22)21-11-8-18(9-12-21)7-6-17-4-2-1-3-5-17/h1-13,16H,14-15,23H2/b7-6+. The molecule has 1 aliphatic heterocycles. The molecule has 0 fully saturated rings. The van der Waals surface area contributed by atoms with Gasteiger partial charge in [0.25, 0.3) is 0 Å². The lowest BCUT2D eigenvalue weighted by Gasteiger charge is -2.19. The van der Waals surface area contributed by atoms with Crippen molar-refractivity contribution >= 4 is 29.2 Å². The summed E-state index contributed by atoms with van der Waals surface area (Å²) < 4.78 is 0. The van der Waals surface area contributed by atoms with Gasteiger partial charge in [0, 0.05) is 23.6 Å². The number of anilines is 3. The van der Waals surface area contributed by atoms with Crippen LogP contribution in [0.25, 0.3) is 12.2 Å². The van der Waals surface area contributed by atoms with E-state index in [0.29, 0.717) is 0 Å². The molecule has 0 radical (unpaired) electrons. The molecule has 0 saturated carbocycles. The SMILES string of the molecule is Nc1ccc2c(c1)CCN2c1ccc(/C=C/c2ccccc2)cc1. The smallest absolute Gasteiger partial charge is 0.0445 e. The van der Waals surface area contributed by atoms with E-state index in [-0.39, 0.29) is 0 Å². The highest BCUT2D eigenvalue weighted by molar-refractivity contribution is 5.74. The Morgan fingerprint density at radius 1 is 0.792 bits per heavy atom. The van der Waals surface area contributed by atoms with Crippen LogP contribution in [0.15, 0.2) is 72.8 Å². The third-order valence-electron chi connectivity index (χ3n) is 4.47. The van der Waals surface area contributed by atoms with Crippen LogP contribution in [0.1, 0.15) is 16.7 Å². The van der Waals surface area contributed by atoms with E-state index >= 15 is 0 Å². The Balaban J connectivity index is 1.54. The Labute approximate surface area is 142 Å². The van der Waals surface area contributed by atoms with Gasteiger partial charge in [0.15, 0.2) is 0 Å². The largest absolute Gasteiger partial charge is 0.399 e. The zero-order valence-corrected chi connectivity index (χ0v) is 13.5. The van der Waals surface area contributed by atoms with Gasteiger partial charge in [-0.05, 0) is 53.4 Å². The Morgan fingerprint density at radius 2 is 1.50 bits per heavy atom. The van der Waals surface area contributed by atoms with Gasteiger partial charge in [0.2, 0.25) is 0 Å². The highest BCUT2D eigenvalue weighted by Gasteiger charge is 2.20. The second-order valence-corrected chi connectivity index (χ2v) is 6.13. The van der Waals surface area contributed by atoms with Gasteiger partial charge < -0.3 is 10.6 Å². The molecule has 3 aromatic rings. The Bertz CT molecular complexity index is 864. The highest BCUT2D eigenvalue weighted by atomic mass is 15.2. The van der Waals surface area contributed by atoms with Gasteiger partial charge in [-0.3, -0.25) is 0 Å². The number of benzene rings is 3. The predicted molar refractivity (Wildman–Crippen MR) is 103 cm³/mol. The summed E-state index contributed by atoms with van der Waals surface area (Å²) in [7, 11) is 0. The van der Waals surface area contributed by atoms with Crippen molar-refractivity contribution in [2.45, 2.75) is 6.42 Å². The molecule has 2 nitrogen and oxygen atoms in total. The van der Waals surface area contributed by atoms with Crippen molar-refractivity contribution in [3.05, 3.63) is 89.5 Å². The molecule has 0 aliphatic carbocycles. The number of hydrogen-bond acceptors (Lipinski definition) is 2. The van der Waals surface area contributed by atoms with Gasteiger partial charge in [0.1, 0.15) is 0 Å². The number of hydrogen-bond donors (Lipinski definition) is 1. The van der Waals surface area contributed by atoms with Gasteiger partial charge in [-0.25, -0.2) is 0 Å². The monoisotopic (exact) mass is 312 g/mol. The second kappa shape index (κ2) is 6.25. The van der Waals surface area contributed by atoms with Crippen molar-refractivity contribution in [3.63, 3.8) is 0 Å². The van der Waals surface area contributed by atoms with Crippen LogP contribution in [0.4, 0.5) is 17.1 Å². The summed E-state index contributed by atoms with van der Waals surface area (Å²) in [6.07, 6.45) is 5.34.